The van der Waals surface area contributed by atoms with Crippen LogP contribution in [0.15, 0.2) is 23.3 Å². The topological polar surface area (TPSA) is 54.4 Å². The van der Waals surface area contributed by atoms with Gasteiger partial charge in [-0.1, -0.05) is 57.9 Å². The van der Waals surface area contributed by atoms with Crippen LogP contribution in [0, 0.1) is 33.5 Å². The van der Waals surface area contributed by atoms with Gasteiger partial charge >= 0.3 is 5.97 Å². The zero-order chi connectivity index (χ0) is 21.4. The number of fused-ring (bicyclic) bond motifs is 3. The molecule has 4 rings (SSSR count). The normalized spacial score (nSPS) is 42.2. The predicted octanol–water partition coefficient (Wildman–Crippen LogP) is 6.34. The summed E-state index contributed by atoms with van der Waals surface area (Å²) in [6, 6.07) is 0. The number of carboxylic acids is 1. The first kappa shape index (κ1) is 20.9. The number of hydrogen-bond acceptors (Lipinski definition) is 2. The second kappa shape index (κ2) is 6.31. The third kappa shape index (κ3) is 2.48. The van der Waals surface area contributed by atoms with Gasteiger partial charge in [0.05, 0.1) is 0 Å². The molecule has 0 aromatic rings. The van der Waals surface area contributed by atoms with Gasteiger partial charge in [-0.15, -0.1) is 0 Å². The number of carboxylic acid groups (broad SMARTS) is 1. The summed E-state index contributed by atoms with van der Waals surface area (Å²) in [6.07, 6.45) is 8.28. The largest absolute Gasteiger partial charge is 0.481 e. The molecule has 2 saturated carbocycles. The molecule has 29 heavy (non-hydrogen) atoms. The molecular formula is C26H38O3. The van der Waals surface area contributed by atoms with E-state index < -0.39 is 5.97 Å². The molecule has 0 heterocycles. The smallest absolute Gasteiger partial charge is 0.303 e. The highest BCUT2D eigenvalue weighted by atomic mass is 16.4. The van der Waals surface area contributed by atoms with Crippen LogP contribution in [0.25, 0.3) is 0 Å². The van der Waals surface area contributed by atoms with E-state index >= 15 is 0 Å². The molecule has 4 aliphatic rings. The van der Waals surface area contributed by atoms with Crippen LogP contribution in [-0.4, -0.2) is 16.9 Å². The Kier molecular flexibility index (Phi) is 4.54. The van der Waals surface area contributed by atoms with E-state index in [1.54, 1.807) is 11.1 Å². The summed E-state index contributed by atoms with van der Waals surface area (Å²) in [7, 11) is 0. The fourth-order valence-corrected chi connectivity index (χ4v) is 8.47. The minimum Gasteiger partial charge on any atom is -0.481 e. The molecule has 0 aromatic heterocycles. The number of rotatable bonds is 3. The number of hydrogen-bond donors (Lipinski definition) is 1. The van der Waals surface area contributed by atoms with Crippen LogP contribution >= 0.6 is 0 Å². The fraction of sp³-hybridized carbons (Fsp3) is 0.769. The summed E-state index contributed by atoms with van der Waals surface area (Å²) in [5.74, 6) is 0.284. The quantitative estimate of drug-likeness (QED) is 0.565. The molecule has 0 saturated heterocycles. The van der Waals surface area contributed by atoms with Gasteiger partial charge in [-0.25, -0.2) is 0 Å². The summed E-state index contributed by atoms with van der Waals surface area (Å²) in [5.41, 5.74) is 4.35. The Hall–Kier alpha value is -1.38. The van der Waals surface area contributed by atoms with E-state index in [-0.39, 0.29) is 34.0 Å². The van der Waals surface area contributed by atoms with Crippen LogP contribution in [0.2, 0.25) is 0 Å². The Balaban J connectivity index is 1.82. The number of ketones is 1. The van der Waals surface area contributed by atoms with Crippen molar-refractivity contribution in [2.75, 3.05) is 0 Å². The molecule has 4 aliphatic carbocycles. The molecule has 0 aliphatic heterocycles. The summed E-state index contributed by atoms with van der Waals surface area (Å²) >= 11 is 0. The first-order valence-electron chi connectivity index (χ1n) is 11.6. The van der Waals surface area contributed by atoms with E-state index in [0.29, 0.717) is 18.1 Å². The van der Waals surface area contributed by atoms with Crippen LogP contribution in [-0.2, 0) is 9.59 Å². The first-order valence-corrected chi connectivity index (χ1v) is 11.6. The Morgan fingerprint density at radius 1 is 1.07 bits per heavy atom. The van der Waals surface area contributed by atoms with Crippen molar-refractivity contribution in [2.24, 2.45) is 33.5 Å². The molecule has 3 heteroatoms. The van der Waals surface area contributed by atoms with Crippen LogP contribution < -0.4 is 0 Å². The number of carbonyl (C=O) groups excluding carboxylic acids is 1. The maximum Gasteiger partial charge on any atom is 0.303 e. The molecule has 5 atom stereocenters. The molecule has 1 spiro atoms. The molecule has 0 radical (unpaired) electrons. The highest BCUT2D eigenvalue weighted by Crippen LogP contribution is 2.73. The molecule has 0 amide bonds. The van der Waals surface area contributed by atoms with E-state index in [9.17, 15) is 14.7 Å². The molecule has 0 aromatic carbocycles. The van der Waals surface area contributed by atoms with Gasteiger partial charge in [-0.2, -0.15) is 0 Å². The lowest BCUT2D eigenvalue weighted by atomic mass is 9.48. The predicted molar refractivity (Wildman–Crippen MR) is 115 cm³/mol. The SMILES string of the molecule is C=C1CC[C@@](C)([C@H](C)CC(=O)O)[C@@]12CCC1=C2CC[C@H]2C(C)(C)C(=O)CC[C@]12C. The minimum atomic E-state index is -0.693. The second-order valence-corrected chi connectivity index (χ2v) is 11.5. The van der Waals surface area contributed by atoms with E-state index in [0.717, 1.165) is 44.9 Å². The number of carbonyl (C=O) groups is 2. The lowest BCUT2D eigenvalue weighted by molar-refractivity contribution is -0.139. The molecular weight excluding hydrogens is 360 g/mol. The van der Waals surface area contributed by atoms with Crippen molar-refractivity contribution in [1.82, 2.24) is 0 Å². The average molecular weight is 399 g/mol. The van der Waals surface area contributed by atoms with Crippen molar-refractivity contribution in [3.05, 3.63) is 23.3 Å². The van der Waals surface area contributed by atoms with Gasteiger partial charge in [0.1, 0.15) is 5.78 Å². The fourth-order valence-electron chi connectivity index (χ4n) is 8.47. The monoisotopic (exact) mass is 398 g/mol. The van der Waals surface area contributed by atoms with E-state index in [1.165, 1.54) is 5.57 Å². The summed E-state index contributed by atoms with van der Waals surface area (Å²) < 4.78 is 0. The number of allylic oxidation sites excluding steroid dienone is 3. The van der Waals surface area contributed by atoms with Gasteiger partial charge in [0, 0.05) is 23.7 Å². The van der Waals surface area contributed by atoms with Crippen molar-refractivity contribution < 1.29 is 14.7 Å². The van der Waals surface area contributed by atoms with Crippen molar-refractivity contribution in [3.8, 4) is 0 Å². The van der Waals surface area contributed by atoms with Crippen molar-refractivity contribution >= 4 is 11.8 Å². The van der Waals surface area contributed by atoms with Gasteiger partial charge in [0.15, 0.2) is 0 Å². The van der Waals surface area contributed by atoms with Crippen molar-refractivity contribution in [1.29, 1.82) is 0 Å². The van der Waals surface area contributed by atoms with Gasteiger partial charge < -0.3 is 5.11 Å². The van der Waals surface area contributed by atoms with Crippen molar-refractivity contribution in [3.63, 3.8) is 0 Å². The minimum absolute atomic E-state index is 0.0310. The summed E-state index contributed by atoms with van der Waals surface area (Å²) in [6.45, 7) is 15.8. The highest BCUT2D eigenvalue weighted by Gasteiger charge is 2.64. The van der Waals surface area contributed by atoms with Crippen LogP contribution in [0.3, 0.4) is 0 Å². The van der Waals surface area contributed by atoms with Crippen LogP contribution in [0.5, 0.6) is 0 Å². The van der Waals surface area contributed by atoms with Gasteiger partial charge in [0.2, 0.25) is 0 Å². The number of aliphatic carboxylic acids is 1. The molecule has 1 N–H and O–H groups in total. The van der Waals surface area contributed by atoms with Gasteiger partial charge in [0.25, 0.3) is 0 Å². The Morgan fingerprint density at radius 3 is 2.41 bits per heavy atom. The summed E-state index contributed by atoms with van der Waals surface area (Å²) in [5, 5.41) is 9.50. The Labute approximate surface area is 176 Å². The van der Waals surface area contributed by atoms with Gasteiger partial charge in [-0.05, 0) is 67.6 Å². The third-order valence-electron chi connectivity index (χ3n) is 10.3. The lowest BCUT2D eigenvalue weighted by Gasteiger charge is -2.55. The third-order valence-corrected chi connectivity index (χ3v) is 10.3. The lowest BCUT2D eigenvalue weighted by Crippen LogP contribution is -2.50. The maximum atomic E-state index is 12.7. The molecule has 2 fully saturated rings. The zero-order valence-electron chi connectivity index (χ0n) is 19.0. The maximum absolute atomic E-state index is 12.7. The standard InChI is InChI=1S/C26H38O3/c1-16-9-13-25(6,17(2)15-22(28)29)26(16)14-10-18-19(26)7-8-20-23(3,4)21(27)11-12-24(18,20)5/h17,20H,1,7-15H2,2-6H3,(H,28,29)/t17-,20+,24-,25+,26+/m1/s1. The number of Topliss-reactive ketones (excluding diaryl/α,β-unsaturated/α-hetero) is 1. The van der Waals surface area contributed by atoms with Crippen LogP contribution in [0.1, 0.15) is 92.4 Å². The van der Waals surface area contributed by atoms with E-state index in [4.69, 9.17) is 0 Å². The summed E-state index contributed by atoms with van der Waals surface area (Å²) in [4.78, 5) is 24.3. The Morgan fingerprint density at radius 2 is 1.76 bits per heavy atom. The Bertz CT molecular complexity index is 818. The zero-order valence-corrected chi connectivity index (χ0v) is 19.0. The van der Waals surface area contributed by atoms with Gasteiger partial charge in [-0.3, -0.25) is 9.59 Å². The molecule has 3 nitrogen and oxygen atoms in total. The first-order chi connectivity index (χ1) is 13.4. The van der Waals surface area contributed by atoms with E-state index in [1.807, 2.05) is 0 Å². The second-order valence-electron chi connectivity index (χ2n) is 11.5. The highest BCUT2D eigenvalue weighted by molar-refractivity contribution is 5.85. The van der Waals surface area contributed by atoms with Crippen LogP contribution in [0.4, 0.5) is 0 Å². The average Bonchev–Trinajstić information content (AvgIpc) is 3.15. The van der Waals surface area contributed by atoms with Crippen molar-refractivity contribution in [2.45, 2.75) is 92.4 Å². The molecule has 0 unspecified atom stereocenters. The molecule has 0 bridgehead atoms. The molecule has 160 valence electrons. The van der Waals surface area contributed by atoms with E-state index in [2.05, 4.69) is 41.2 Å².